The number of rotatable bonds is 3. The van der Waals surface area contributed by atoms with Crippen molar-refractivity contribution in [3.8, 4) is 0 Å². The topological polar surface area (TPSA) is 105 Å². The van der Waals surface area contributed by atoms with E-state index in [-0.39, 0.29) is 0 Å². The lowest BCUT2D eigenvalue weighted by Crippen LogP contribution is -2.43. The van der Waals surface area contributed by atoms with Crippen molar-refractivity contribution < 1.29 is 20.6 Å². The minimum Gasteiger partial charge on any atom is -0.458 e. The second-order valence-corrected chi connectivity index (χ2v) is 3.41. The van der Waals surface area contributed by atoms with Gasteiger partial charge >= 0.3 is 5.97 Å². The summed E-state index contributed by atoms with van der Waals surface area (Å²) in [5.41, 5.74) is 0.748. The first-order valence-corrected chi connectivity index (χ1v) is 3.62. The molecule has 1 amide bonds. The molecule has 0 heterocycles. The average molecular weight is 191 g/mol. The van der Waals surface area contributed by atoms with E-state index in [9.17, 15) is 9.59 Å². The smallest absolute Gasteiger partial charge is 0.347 e. The van der Waals surface area contributed by atoms with Crippen LogP contribution in [0.3, 0.4) is 0 Å². The van der Waals surface area contributed by atoms with Gasteiger partial charge in [0, 0.05) is 0 Å². The van der Waals surface area contributed by atoms with Gasteiger partial charge in [0.25, 0.3) is 12.0 Å². The molecule has 0 aromatic carbocycles. The maximum absolute atomic E-state index is 11.2. The Morgan fingerprint density at radius 3 is 2.31 bits per heavy atom. The summed E-state index contributed by atoms with van der Waals surface area (Å²) < 4.78 is 11.3. The van der Waals surface area contributed by atoms with Crippen molar-refractivity contribution in [3.05, 3.63) is 0 Å². The third kappa shape index (κ3) is 4.44. The molecule has 0 saturated heterocycles. The second kappa shape index (κ2) is 4.20. The Morgan fingerprint density at radius 1 is 1.46 bits per heavy atom. The van der Waals surface area contributed by atoms with E-state index in [2.05, 4.69) is 4.84 Å². The van der Waals surface area contributed by atoms with Crippen LogP contribution in [0.1, 0.15) is 20.8 Å². The van der Waals surface area contributed by atoms with Gasteiger partial charge in [0.2, 0.25) is 0 Å². The zero-order chi connectivity index (χ0) is 11.4. The van der Waals surface area contributed by atoms with Crippen LogP contribution in [0.15, 0.2) is 0 Å². The molecule has 6 heteroatoms. The van der Waals surface area contributed by atoms with Crippen molar-refractivity contribution >= 4 is 11.9 Å². The van der Waals surface area contributed by atoms with E-state index < -0.39 is 23.6 Å². The number of carbonyl (C=O) groups is 2. The normalized spacial score (nSPS) is 14.3. The lowest BCUT2D eigenvalue weighted by Gasteiger charge is -2.21. The molecule has 0 saturated carbocycles. The van der Waals surface area contributed by atoms with Gasteiger partial charge in [-0.3, -0.25) is 9.63 Å². The molecule has 6 nitrogen and oxygen atoms in total. The lowest BCUT2D eigenvalue weighted by molar-refractivity contribution is -0.171. The Balaban J connectivity index is 4.40. The number of hydrogen-bond acceptors (Lipinski definition) is 5. The first kappa shape index (κ1) is 9.94. The molecule has 0 aliphatic rings. The quantitative estimate of drug-likeness (QED) is 0.341. The van der Waals surface area contributed by atoms with E-state index >= 15 is 0 Å². The molecule has 76 valence electrons. The standard InChI is InChI=1S/C7H14N2O4/c1-7(2,3)12-6(11)4(13-9)5(8)10/h4H,9H2,1-3H3,(H2,8,10)/i/hD. The highest BCUT2D eigenvalue weighted by Crippen LogP contribution is 2.08. The number of nitrogens with two attached hydrogens (primary N) is 2. The van der Waals surface area contributed by atoms with Gasteiger partial charge in [-0.2, -0.15) is 0 Å². The van der Waals surface area contributed by atoms with Crippen LogP contribution in [0.5, 0.6) is 0 Å². The summed E-state index contributed by atoms with van der Waals surface area (Å²) in [6, 6.07) is 0. The molecular formula is C7H14N2O4. The fourth-order valence-corrected chi connectivity index (χ4v) is 0.580. The number of amides is 1. The Kier molecular flexibility index (Phi) is 3.21. The second-order valence-electron chi connectivity index (χ2n) is 3.41. The van der Waals surface area contributed by atoms with Crippen molar-refractivity contribution in [3.63, 3.8) is 0 Å². The zero-order valence-electron chi connectivity index (χ0n) is 8.79. The Hall–Kier alpha value is -1.14. The van der Waals surface area contributed by atoms with Crippen LogP contribution in [-0.4, -0.2) is 23.6 Å². The highest BCUT2D eigenvalue weighted by atomic mass is 16.7. The summed E-state index contributed by atoms with van der Waals surface area (Å²) in [4.78, 5) is 26.2. The summed E-state index contributed by atoms with van der Waals surface area (Å²) in [5, 5.41) is 0. The van der Waals surface area contributed by atoms with E-state index in [1.165, 1.54) is 5.73 Å². The van der Waals surface area contributed by atoms with E-state index in [4.69, 9.17) is 12.0 Å². The molecule has 0 radical (unpaired) electrons. The van der Waals surface area contributed by atoms with Crippen LogP contribution in [-0.2, 0) is 19.2 Å². The molecule has 1 unspecified atom stereocenters. The highest BCUT2D eigenvalue weighted by Gasteiger charge is 2.29. The van der Waals surface area contributed by atoms with Crippen molar-refractivity contribution in [2.75, 3.05) is 0 Å². The lowest BCUT2D eigenvalue weighted by atomic mass is 10.2. The molecule has 0 aromatic heterocycles. The van der Waals surface area contributed by atoms with Gasteiger partial charge in [-0.05, 0) is 20.8 Å². The highest BCUT2D eigenvalue weighted by molar-refractivity contribution is 6.00. The average Bonchev–Trinajstić information content (AvgIpc) is 2.01. The van der Waals surface area contributed by atoms with E-state index in [0.717, 1.165) is 0 Å². The third-order valence-corrected chi connectivity index (χ3v) is 0.995. The molecule has 4 N–H and O–H groups in total. The summed E-state index contributed by atoms with van der Waals surface area (Å²) >= 11 is 0. The number of ether oxygens (including phenoxy) is 1. The van der Waals surface area contributed by atoms with Gasteiger partial charge in [0.15, 0.2) is 1.41 Å². The van der Waals surface area contributed by atoms with Crippen LogP contribution < -0.4 is 11.6 Å². The summed E-state index contributed by atoms with van der Waals surface area (Å²) in [6.07, 6.45) is -1.60. The minimum atomic E-state index is -1.60. The van der Waals surface area contributed by atoms with Crippen LogP contribution in [0.25, 0.3) is 0 Å². The van der Waals surface area contributed by atoms with Crippen molar-refractivity contribution in [2.45, 2.75) is 32.5 Å². The summed E-state index contributed by atoms with van der Waals surface area (Å²) in [5.74, 6) is 2.83. The van der Waals surface area contributed by atoms with Crippen LogP contribution >= 0.6 is 0 Å². The number of hydrogen-bond donors (Lipinski definition) is 2. The van der Waals surface area contributed by atoms with Gasteiger partial charge < -0.3 is 10.5 Å². The van der Waals surface area contributed by atoms with Gasteiger partial charge in [0.05, 0.1) is 0 Å². The number of primary amides is 1. The SMILES string of the molecule is [2H]NC(=O)C(ON)C(=O)OC(C)(C)C. The Bertz CT molecular complexity index is 226. The molecule has 0 bridgehead atoms. The molecule has 1 atom stereocenters. The zero-order valence-corrected chi connectivity index (χ0v) is 7.79. The van der Waals surface area contributed by atoms with Crippen molar-refractivity contribution in [2.24, 2.45) is 11.6 Å². The van der Waals surface area contributed by atoms with Gasteiger partial charge in [-0.1, -0.05) is 0 Å². The van der Waals surface area contributed by atoms with Crippen LogP contribution in [0, 0.1) is 0 Å². The van der Waals surface area contributed by atoms with Crippen molar-refractivity contribution in [1.29, 1.82) is 0 Å². The molecule has 0 aliphatic heterocycles. The first-order valence-electron chi connectivity index (χ1n) is 4.12. The minimum absolute atomic E-state index is 0.740. The molecule has 13 heavy (non-hydrogen) atoms. The summed E-state index contributed by atoms with van der Waals surface area (Å²) in [6.45, 7) is 4.91. The monoisotopic (exact) mass is 191 g/mol. The molecular weight excluding hydrogens is 176 g/mol. The summed E-state index contributed by atoms with van der Waals surface area (Å²) in [7, 11) is 0. The first-order chi connectivity index (χ1) is 6.31. The maximum Gasteiger partial charge on any atom is 0.347 e. The van der Waals surface area contributed by atoms with Crippen LogP contribution in [0.2, 0.25) is 1.41 Å². The van der Waals surface area contributed by atoms with Crippen molar-refractivity contribution in [1.82, 2.24) is 0 Å². The largest absolute Gasteiger partial charge is 0.458 e. The van der Waals surface area contributed by atoms with Gasteiger partial charge in [-0.15, -0.1) is 0 Å². The molecule has 0 aliphatic carbocycles. The molecule has 0 fully saturated rings. The van der Waals surface area contributed by atoms with Crippen LogP contribution in [0.4, 0.5) is 0 Å². The maximum atomic E-state index is 11.2. The molecule has 0 rings (SSSR count). The third-order valence-electron chi connectivity index (χ3n) is 0.995. The predicted molar refractivity (Wildman–Crippen MR) is 44.1 cm³/mol. The fraction of sp³-hybridized carbons (Fsp3) is 0.714. The number of esters is 1. The van der Waals surface area contributed by atoms with Gasteiger partial charge in [0.1, 0.15) is 5.60 Å². The van der Waals surface area contributed by atoms with E-state index in [1.54, 1.807) is 20.8 Å². The Labute approximate surface area is 77.6 Å². The predicted octanol–water partition coefficient (Wildman–Crippen LogP) is -0.928. The van der Waals surface area contributed by atoms with E-state index in [0.29, 0.717) is 0 Å². The fourth-order valence-electron chi connectivity index (χ4n) is 0.580. The Morgan fingerprint density at radius 2 is 2.00 bits per heavy atom. The molecule has 0 aromatic rings. The van der Waals surface area contributed by atoms with E-state index in [1.807, 2.05) is 0 Å². The number of carbonyl (C=O) groups excluding carboxylic acids is 2. The molecule has 0 spiro atoms. The van der Waals surface area contributed by atoms with Gasteiger partial charge in [-0.25, -0.2) is 10.7 Å².